The molecule has 246 valence electrons. The minimum Gasteiger partial charge on any atom is -0.352 e. The van der Waals surface area contributed by atoms with Crippen molar-refractivity contribution in [3.8, 4) is 0 Å². The molecule has 0 aromatic heterocycles. The van der Waals surface area contributed by atoms with Crippen molar-refractivity contribution in [3.05, 3.63) is 131 Å². The number of aryl methyl sites for hydroxylation is 2. The lowest BCUT2D eigenvalue weighted by molar-refractivity contribution is -0.140. The van der Waals surface area contributed by atoms with Crippen LogP contribution in [0.5, 0.6) is 0 Å². The molecular weight excluding hydrogens is 614 g/mol. The van der Waals surface area contributed by atoms with E-state index < -0.39 is 34.3 Å². The average molecular weight is 656 g/mol. The molecule has 2 amide bonds. The zero-order valence-electron chi connectivity index (χ0n) is 26.9. The van der Waals surface area contributed by atoms with Gasteiger partial charge in [-0.25, -0.2) is 12.8 Å². The molecular formula is C38H42FN3O4S. The standard InChI is InChI=1S/C38H42FN3O4S/c1-3-31-13-7-10-16-35(31)42(47(45,46)34-23-17-28(2)18-24-34)27-37(43)41(26-30-19-21-32(39)22-20-30)36(25-29-11-5-4-6-12-29)38(44)40-33-14-8-9-15-33/h4-7,10-13,16-24,33,36H,3,8-9,14-15,25-27H2,1-2H3,(H,40,44). The molecule has 1 saturated carbocycles. The number of sulfonamides is 1. The smallest absolute Gasteiger partial charge is 0.264 e. The lowest BCUT2D eigenvalue weighted by Gasteiger charge is -2.34. The fourth-order valence-electron chi connectivity index (χ4n) is 6.11. The van der Waals surface area contributed by atoms with E-state index in [1.807, 2.05) is 56.3 Å². The molecule has 4 aromatic rings. The number of hydrogen-bond acceptors (Lipinski definition) is 4. The van der Waals surface area contributed by atoms with Gasteiger partial charge in [-0.1, -0.05) is 98.1 Å². The van der Waals surface area contributed by atoms with E-state index in [4.69, 9.17) is 0 Å². The van der Waals surface area contributed by atoms with Crippen molar-refractivity contribution in [1.29, 1.82) is 0 Å². The molecule has 7 nitrogen and oxygen atoms in total. The van der Waals surface area contributed by atoms with Crippen molar-refractivity contribution >= 4 is 27.5 Å². The molecule has 1 aliphatic rings. The Hall–Kier alpha value is -4.50. The van der Waals surface area contributed by atoms with Crippen LogP contribution in [0.3, 0.4) is 0 Å². The van der Waals surface area contributed by atoms with Gasteiger partial charge in [0.2, 0.25) is 11.8 Å². The molecule has 9 heteroatoms. The fourth-order valence-corrected chi connectivity index (χ4v) is 7.56. The van der Waals surface area contributed by atoms with E-state index in [-0.39, 0.29) is 29.8 Å². The SMILES string of the molecule is CCc1ccccc1N(CC(=O)N(Cc1ccc(F)cc1)C(Cc1ccccc1)C(=O)NC1CCCC1)S(=O)(=O)c1ccc(C)cc1. The molecule has 0 spiro atoms. The van der Waals surface area contributed by atoms with Crippen LogP contribution in [0.2, 0.25) is 0 Å². The van der Waals surface area contributed by atoms with E-state index >= 15 is 0 Å². The summed E-state index contributed by atoms with van der Waals surface area (Å²) >= 11 is 0. The molecule has 47 heavy (non-hydrogen) atoms. The minimum atomic E-state index is -4.20. The molecule has 1 unspecified atom stereocenters. The number of nitrogens with zero attached hydrogens (tertiary/aromatic N) is 2. The Labute approximate surface area is 277 Å². The van der Waals surface area contributed by atoms with Gasteiger partial charge in [-0.05, 0) is 73.2 Å². The van der Waals surface area contributed by atoms with Crippen molar-refractivity contribution in [1.82, 2.24) is 10.2 Å². The maximum Gasteiger partial charge on any atom is 0.264 e. The van der Waals surface area contributed by atoms with Crippen LogP contribution in [0, 0.1) is 12.7 Å². The van der Waals surface area contributed by atoms with Gasteiger partial charge in [0.1, 0.15) is 18.4 Å². The predicted octanol–water partition coefficient (Wildman–Crippen LogP) is 6.59. The van der Waals surface area contributed by atoms with Crippen molar-refractivity contribution in [2.75, 3.05) is 10.8 Å². The summed E-state index contributed by atoms with van der Waals surface area (Å²) in [7, 11) is -4.20. The number of carbonyl (C=O) groups is 2. The second kappa shape index (κ2) is 15.4. The number of amides is 2. The molecule has 0 bridgehead atoms. The summed E-state index contributed by atoms with van der Waals surface area (Å²) in [6.07, 6.45) is 4.55. The summed E-state index contributed by atoms with van der Waals surface area (Å²) < 4.78 is 43.7. The Kier molecular flexibility index (Phi) is 11.1. The highest BCUT2D eigenvalue weighted by Crippen LogP contribution is 2.29. The quantitative estimate of drug-likeness (QED) is 0.176. The molecule has 1 atom stereocenters. The monoisotopic (exact) mass is 655 g/mol. The van der Waals surface area contributed by atoms with Gasteiger partial charge in [0, 0.05) is 19.0 Å². The van der Waals surface area contributed by atoms with Gasteiger partial charge in [-0.3, -0.25) is 13.9 Å². The molecule has 1 N–H and O–H groups in total. The fraction of sp³-hybridized carbons (Fsp3) is 0.316. The highest BCUT2D eigenvalue weighted by atomic mass is 32.2. The summed E-state index contributed by atoms with van der Waals surface area (Å²) in [6.45, 7) is 3.27. The molecule has 0 radical (unpaired) electrons. The first-order valence-electron chi connectivity index (χ1n) is 16.2. The first-order chi connectivity index (χ1) is 22.7. The van der Waals surface area contributed by atoms with Gasteiger partial charge in [-0.2, -0.15) is 0 Å². The van der Waals surface area contributed by atoms with Crippen LogP contribution in [0.15, 0.2) is 108 Å². The number of rotatable bonds is 13. The van der Waals surface area contributed by atoms with Crippen LogP contribution in [-0.2, 0) is 39.0 Å². The first-order valence-corrected chi connectivity index (χ1v) is 17.6. The molecule has 1 fully saturated rings. The van der Waals surface area contributed by atoms with E-state index in [1.54, 1.807) is 48.5 Å². The molecule has 0 saturated heterocycles. The highest BCUT2D eigenvalue weighted by molar-refractivity contribution is 7.92. The summed E-state index contributed by atoms with van der Waals surface area (Å²) in [5.41, 5.74) is 3.55. The van der Waals surface area contributed by atoms with Crippen molar-refractivity contribution in [2.45, 2.75) is 75.9 Å². The zero-order chi connectivity index (χ0) is 33.4. The van der Waals surface area contributed by atoms with Crippen molar-refractivity contribution in [3.63, 3.8) is 0 Å². The topological polar surface area (TPSA) is 86.8 Å². The molecule has 5 rings (SSSR count). The first kappa shape index (κ1) is 33.9. The lowest BCUT2D eigenvalue weighted by Crippen LogP contribution is -2.54. The number of nitrogens with one attached hydrogen (secondary N) is 1. The molecule has 4 aromatic carbocycles. The van der Waals surface area contributed by atoms with Gasteiger partial charge in [0.05, 0.1) is 10.6 Å². The average Bonchev–Trinajstić information content (AvgIpc) is 3.59. The number of anilines is 1. The third-order valence-electron chi connectivity index (χ3n) is 8.77. The Morgan fingerprint density at radius 2 is 1.49 bits per heavy atom. The maximum absolute atomic E-state index is 14.7. The van der Waals surface area contributed by atoms with Crippen LogP contribution in [0.1, 0.15) is 54.9 Å². The number of para-hydroxylation sites is 1. The molecule has 0 heterocycles. The van der Waals surface area contributed by atoms with E-state index in [2.05, 4.69) is 5.32 Å². The number of halogens is 1. The Balaban J connectivity index is 1.58. The van der Waals surface area contributed by atoms with Crippen LogP contribution >= 0.6 is 0 Å². The van der Waals surface area contributed by atoms with Crippen molar-refractivity contribution < 1.29 is 22.4 Å². The summed E-state index contributed by atoms with van der Waals surface area (Å²) in [6, 6.07) is 28.0. The van der Waals surface area contributed by atoms with E-state index in [9.17, 15) is 22.4 Å². The largest absolute Gasteiger partial charge is 0.352 e. The molecule has 1 aliphatic carbocycles. The second-order valence-electron chi connectivity index (χ2n) is 12.2. The van der Waals surface area contributed by atoms with Gasteiger partial charge in [-0.15, -0.1) is 0 Å². The van der Waals surface area contributed by atoms with Gasteiger partial charge in [0.25, 0.3) is 10.0 Å². The zero-order valence-corrected chi connectivity index (χ0v) is 27.8. The Morgan fingerprint density at radius 3 is 2.15 bits per heavy atom. The maximum atomic E-state index is 14.7. The van der Waals surface area contributed by atoms with Crippen molar-refractivity contribution in [2.24, 2.45) is 0 Å². The Bertz CT molecular complexity index is 1760. The van der Waals surface area contributed by atoms with E-state index in [0.717, 1.165) is 46.7 Å². The van der Waals surface area contributed by atoms with Crippen LogP contribution in [0.4, 0.5) is 10.1 Å². The normalized spacial score (nSPS) is 14.0. The lowest BCUT2D eigenvalue weighted by atomic mass is 10.0. The number of benzene rings is 4. The summed E-state index contributed by atoms with van der Waals surface area (Å²) in [4.78, 5) is 30.3. The van der Waals surface area contributed by atoms with Gasteiger partial charge in [0.15, 0.2) is 0 Å². The number of hydrogen-bond donors (Lipinski definition) is 1. The van der Waals surface area contributed by atoms with Crippen LogP contribution in [0.25, 0.3) is 0 Å². The summed E-state index contributed by atoms with van der Waals surface area (Å²) in [5.74, 6) is -1.26. The highest BCUT2D eigenvalue weighted by Gasteiger charge is 2.36. The van der Waals surface area contributed by atoms with Crippen LogP contribution in [-0.4, -0.2) is 43.8 Å². The molecule has 0 aliphatic heterocycles. The van der Waals surface area contributed by atoms with Crippen LogP contribution < -0.4 is 9.62 Å². The van der Waals surface area contributed by atoms with Gasteiger partial charge >= 0.3 is 0 Å². The van der Waals surface area contributed by atoms with E-state index in [0.29, 0.717) is 17.7 Å². The predicted molar refractivity (Wildman–Crippen MR) is 183 cm³/mol. The van der Waals surface area contributed by atoms with Gasteiger partial charge < -0.3 is 10.2 Å². The second-order valence-corrected chi connectivity index (χ2v) is 14.0. The third kappa shape index (κ3) is 8.46. The van der Waals surface area contributed by atoms with E-state index in [1.165, 1.54) is 17.0 Å². The Morgan fingerprint density at radius 1 is 0.851 bits per heavy atom. The minimum absolute atomic E-state index is 0.0114. The summed E-state index contributed by atoms with van der Waals surface area (Å²) in [5, 5.41) is 3.17. The third-order valence-corrected chi connectivity index (χ3v) is 10.5. The number of carbonyl (C=O) groups excluding carboxylic acids is 2.